The zero-order valence-electron chi connectivity index (χ0n) is 13.4. The molecule has 1 amide bonds. The van der Waals surface area contributed by atoms with E-state index in [0.717, 1.165) is 18.5 Å². The molecular formula is C18H17FN2O4. The van der Waals surface area contributed by atoms with Gasteiger partial charge in [0, 0.05) is 23.5 Å². The summed E-state index contributed by atoms with van der Waals surface area (Å²) in [5.41, 5.74) is 1.79. The molecule has 4 rings (SSSR count). The number of amides is 1. The molecule has 1 atom stereocenters. The number of rotatable bonds is 3. The van der Waals surface area contributed by atoms with Gasteiger partial charge in [-0.1, -0.05) is 0 Å². The van der Waals surface area contributed by atoms with Crippen molar-refractivity contribution in [1.29, 1.82) is 0 Å². The topological polar surface area (TPSA) is 79.7 Å². The fourth-order valence-electron chi connectivity index (χ4n) is 3.14. The maximum atomic E-state index is 13.7. The molecule has 2 fully saturated rings. The number of aliphatic carboxylic acids is 1. The lowest BCUT2D eigenvalue weighted by Crippen LogP contribution is -2.48. The van der Waals surface area contributed by atoms with Gasteiger partial charge in [0.15, 0.2) is 6.10 Å². The van der Waals surface area contributed by atoms with Crippen LogP contribution in [0.5, 0.6) is 0 Å². The van der Waals surface area contributed by atoms with Gasteiger partial charge in [0.25, 0.3) is 5.91 Å². The highest BCUT2D eigenvalue weighted by Gasteiger charge is 2.32. The Labute approximate surface area is 143 Å². The van der Waals surface area contributed by atoms with Crippen molar-refractivity contribution in [2.24, 2.45) is 0 Å². The van der Waals surface area contributed by atoms with Gasteiger partial charge in [-0.2, -0.15) is 0 Å². The Morgan fingerprint density at radius 3 is 2.80 bits per heavy atom. The minimum Gasteiger partial charge on any atom is -0.479 e. The Hall–Kier alpha value is -2.54. The second-order valence-electron chi connectivity index (χ2n) is 6.48. The molecule has 2 aliphatic rings. The molecule has 25 heavy (non-hydrogen) atoms. The predicted octanol–water partition coefficient (Wildman–Crippen LogP) is 2.18. The summed E-state index contributed by atoms with van der Waals surface area (Å²) in [5.74, 6) is -1.50. The third-order valence-corrected chi connectivity index (χ3v) is 4.65. The molecule has 1 aliphatic heterocycles. The number of hydrogen-bond donors (Lipinski definition) is 1. The molecule has 0 radical (unpaired) electrons. The smallest absolute Gasteiger partial charge is 0.334 e. The number of carboxylic acid groups (broad SMARTS) is 1. The third-order valence-electron chi connectivity index (χ3n) is 4.65. The summed E-state index contributed by atoms with van der Waals surface area (Å²) in [6.07, 6.45) is 1.03. The van der Waals surface area contributed by atoms with Crippen LogP contribution in [0.3, 0.4) is 0 Å². The predicted molar refractivity (Wildman–Crippen MR) is 87.0 cm³/mol. The lowest BCUT2D eigenvalue weighted by Gasteiger charge is -2.31. The first-order valence-electron chi connectivity index (χ1n) is 8.27. The first kappa shape index (κ1) is 16.0. The zero-order chi connectivity index (χ0) is 17.6. The summed E-state index contributed by atoms with van der Waals surface area (Å²) in [6, 6.07) is 5.94. The molecule has 1 N–H and O–H groups in total. The van der Waals surface area contributed by atoms with Crippen molar-refractivity contribution in [3.05, 3.63) is 41.3 Å². The molecule has 1 saturated heterocycles. The van der Waals surface area contributed by atoms with E-state index < -0.39 is 17.9 Å². The average Bonchev–Trinajstić information content (AvgIpc) is 3.45. The highest BCUT2D eigenvalue weighted by atomic mass is 19.1. The third kappa shape index (κ3) is 3.07. The van der Waals surface area contributed by atoms with Crippen LogP contribution in [-0.4, -0.2) is 52.7 Å². The van der Waals surface area contributed by atoms with E-state index in [0.29, 0.717) is 28.9 Å². The van der Waals surface area contributed by atoms with Crippen LogP contribution in [0.4, 0.5) is 4.39 Å². The van der Waals surface area contributed by atoms with Crippen molar-refractivity contribution >= 4 is 22.8 Å². The lowest BCUT2D eigenvalue weighted by atomic mass is 10.0. The number of aromatic nitrogens is 1. The van der Waals surface area contributed by atoms with Crippen LogP contribution in [0.1, 0.15) is 34.8 Å². The van der Waals surface area contributed by atoms with Gasteiger partial charge in [-0.3, -0.25) is 9.78 Å². The largest absolute Gasteiger partial charge is 0.479 e. The van der Waals surface area contributed by atoms with Crippen LogP contribution < -0.4 is 0 Å². The van der Waals surface area contributed by atoms with Crippen molar-refractivity contribution in [3.8, 4) is 0 Å². The number of halogens is 1. The highest BCUT2D eigenvalue weighted by Crippen LogP contribution is 2.40. The fraction of sp³-hybridized carbons (Fsp3) is 0.389. The molecule has 0 unspecified atom stereocenters. The second-order valence-corrected chi connectivity index (χ2v) is 6.48. The van der Waals surface area contributed by atoms with Crippen molar-refractivity contribution in [2.45, 2.75) is 24.9 Å². The Morgan fingerprint density at radius 2 is 2.08 bits per heavy atom. The molecular weight excluding hydrogens is 327 g/mol. The van der Waals surface area contributed by atoms with Crippen molar-refractivity contribution in [3.63, 3.8) is 0 Å². The van der Waals surface area contributed by atoms with Crippen LogP contribution in [0.25, 0.3) is 10.9 Å². The van der Waals surface area contributed by atoms with E-state index in [9.17, 15) is 14.0 Å². The van der Waals surface area contributed by atoms with Crippen LogP contribution in [0, 0.1) is 5.82 Å². The molecule has 1 aliphatic carbocycles. The molecule has 0 spiro atoms. The lowest BCUT2D eigenvalue weighted by molar-refractivity contribution is -0.154. The van der Waals surface area contributed by atoms with Gasteiger partial charge in [-0.25, -0.2) is 9.18 Å². The minimum absolute atomic E-state index is 0.0218. The number of carbonyl (C=O) groups excluding carboxylic acids is 1. The Balaban J connectivity index is 1.75. The molecule has 0 bridgehead atoms. The SMILES string of the molecule is O=C(O)[C@H]1CN(C(=O)c2cc(C3CC3)nc3ccc(F)cc23)CCO1. The van der Waals surface area contributed by atoms with Gasteiger partial charge in [-0.05, 0) is 37.1 Å². The standard InChI is InChI=1S/C18H17FN2O4/c19-11-3-4-14-12(7-11)13(8-15(20-14)10-1-2-10)17(22)21-5-6-25-16(9-21)18(23)24/h3-4,7-8,10,16H,1-2,5-6,9H2,(H,23,24)/t16-/m1/s1. The Kier molecular flexibility index (Phi) is 3.88. The molecule has 7 heteroatoms. The number of fused-ring (bicyclic) bond motifs is 1. The van der Waals surface area contributed by atoms with Crippen molar-refractivity contribution in [2.75, 3.05) is 19.7 Å². The summed E-state index contributed by atoms with van der Waals surface area (Å²) in [4.78, 5) is 30.2. The number of ether oxygens (including phenoxy) is 1. The minimum atomic E-state index is -1.10. The summed E-state index contributed by atoms with van der Waals surface area (Å²) < 4.78 is 18.9. The van der Waals surface area contributed by atoms with E-state index in [1.165, 1.54) is 17.0 Å². The molecule has 1 saturated carbocycles. The van der Waals surface area contributed by atoms with E-state index in [4.69, 9.17) is 9.84 Å². The summed E-state index contributed by atoms with van der Waals surface area (Å²) in [5, 5.41) is 9.57. The normalized spacial score (nSPS) is 20.7. The maximum absolute atomic E-state index is 13.7. The molecule has 130 valence electrons. The average molecular weight is 344 g/mol. The first-order valence-corrected chi connectivity index (χ1v) is 8.27. The van der Waals surface area contributed by atoms with Crippen molar-refractivity contribution in [1.82, 2.24) is 9.88 Å². The van der Waals surface area contributed by atoms with Crippen LogP contribution in [0.2, 0.25) is 0 Å². The quantitative estimate of drug-likeness (QED) is 0.923. The molecule has 2 aromatic rings. The number of morpholine rings is 1. The second kappa shape index (κ2) is 6.07. The number of hydrogen-bond acceptors (Lipinski definition) is 4. The van der Waals surface area contributed by atoms with E-state index in [1.807, 2.05) is 0 Å². The number of nitrogens with zero attached hydrogens (tertiary/aromatic N) is 2. The Bertz CT molecular complexity index is 866. The van der Waals surface area contributed by atoms with Crippen LogP contribution >= 0.6 is 0 Å². The van der Waals surface area contributed by atoms with E-state index in [-0.39, 0.29) is 19.1 Å². The fourth-order valence-corrected chi connectivity index (χ4v) is 3.14. The van der Waals surface area contributed by atoms with Crippen molar-refractivity contribution < 1.29 is 23.8 Å². The van der Waals surface area contributed by atoms with Gasteiger partial charge in [0.05, 0.1) is 24.2 Å². The van der Waals surface area contributed by atoms with E-state index in [1.54, 1.807) is 12.1 Å². The number of carbonyl (C=O) groups is 2. The van der Waals surface area contributed by atoms with Gasteiger partial charge >= 0.3 is 5.97 Å². The number of benzene rings is 1. The van der Waals surface area contributed by atoms with Crippen LogP contribution in [-0.2, 0) is 9.53 Å². The van der Waals surface area contributed by atoms with Gasteiger partial charge in [-0.15, -0.1) is 0 Å². The summed E-state index contributed by atoms with van der Waals surface area (Å²) >= 11 is 0. The van der Waals surface area contributed by atoms with E-state index >= 15 is 0 Å². The molecule has 2 heterocycles. The van der Waals surface area contributed by atoms with Gasteiger partial charge in [0.2, 0.25) is 0 Å². The first-order chi connectivity index (χ1) is 12.0. The Morgan fingerprint density at radius 1 is 1.28 bits per heavy atom. The van der Waals surface area contributed by atoms with Gasteiger partial charge in [0.1, 0.15) is 5.82 Å². The molecule has 1 aromatic heterocycles. The van der Waals surface area contributed by atoms with Crippen LogP contribution in [0.15, 0.2) is 24.3 Å². The maximum Gasteiger partial charge on any atom is 0.334 e. The zero-order valence-corrected chi connectivity index (χ0v) is 13.4. The monoisotopic (exact) mass is 344 g/mol. The van der Waals surface area contributed by atoms with Gasteiger partial charge < -0.3 is 14.7 Å². The van der Waals surface area contributed by atoms with E-state index in [2.05, 4.69) is 4.98 Å². The highest BCUT2D eigenvalue weighted by molar-refractivity contribution is 6.06. The molecule has 6 nitrogen and oxygen atoms in total. The summed E-state index contributed by atoms with van der Waals surface area (Å²) in [7, 11) is 0. The molecule has 1 aromatic carbocycles. The number of pyridine rings is 1. The number of carboxylic acids is 1. The summed E-state index contributed by atoms with van der Waals surface area (Å²) in [6.45, 7) is 0.447.